The first kappa shape index (κ1) is 13.7. The van der Waals surface area contributed by atoms with E-state index >= 15 is 0 Å². The number of benzene rings is 1. The van der Waals surface area contributed by atoms with Crippen LogP contribution in [0, 0.1) is 0 Å². The first-order chi connectivity index (χ1) is 9.69. The van der Waals surface area contributed by atoms with E-state index in [4.69, 9.17) is 4.74 Å². The number of amides is 1. The number of rotatable bonds is 5. The van der Waals surface area contributed by atoms with Crippen LogP contribution in [-0.2, 0) is 11.4 Å². The maximum Gasteiger partial charge on any atom is 0.221 e. The van der Waals surface area contributed by atoms with Gasteiger partial charge < -0.3 is 10.1 Å². The first-order valence-electron chi connectivity index (χ1n) is 5.94. The molecule has 2 aromatic rings. The Morgan fingerprint density at radius 3 is 2.65 bits per heavy atom. The molecule has 1 aromatic carbocycles. The first-order valence-corrected chi connectivity index (χ1v) is 5.94. The van der Waals surface area contributed by atoms with E-state index in [0.29, 0.717) is 29.1 Å². The van der Waals surface area contributed by atoms with Crippen molar-refractivity contribution < 1.29 is 14.3 Å². The molecule has 0 saturated heterocycles. The minimum Gasteiger partial charge on any atom is -0.483 e. The molecule has 0 bridgehead atoms. The van der Waals surface area contributed by atoms with E-state index in [9.17, 15) is 9.59 Å². The minimum absolute atomic E-state index is 0.149. The number of nitrogens with one attached hydrogen (secondary N) is 1. The predicted octanol–water partition coefficient (Wildman–Crippen LogP) is 1.83. The van der Waals surface area contributed by atoms with Crippen molar-refractivity contribution in [3.63, 3.8) is 0 Å². The standard InChI is InChI=1S/C14H13N3O3/c1-10(19)17-12-4-2-3-5-13(12)20-9-14-15-6-11(8-18)7-16-14/h2-8H,9H2,1H3,(H,17,19). The molecule has 1 N–H and O–H groups in total. The maximum atomic E-state index is 11.1. The van der Waals surface area contributed by atoms with Gasteiger partial charge in [0.2, 0.25) is 5.91 Å². The fraction of sp³-hybridized carbons (Fsp3) is 0.143. The van der Waals surface area contributed by atoms with Crippen LogP contribution in [-0.4, -0.2) is 22.2 Å². The number of ether oxygens (including phenoxy) is 1. The van der Waals surface area contributed by atoms with Gasteiger partial charge in [0.1, 0.15) is 12.4 Å². The lowest BCUT2D eigenvalue weighted by Gasteiger charge is -2.10. The van der Waals surface area contributed by atoms with Crippen LogP contribution in [0.2, 0.25) is 0 Å². The minimum atomic E-state index is -0.173. The van der Waals surface area contributed by atoms with Gasteiger partial charge >= 0.3 is 0 Å². The summed E-state index contributed by atoms with van der Waals surface area (Å²) in [6.07, 6.45) is 3.54. The van der Waals surface area contributed by atoms with Gasteiger partial charge in [0.15, 0.2) is 12.1 Å². The Morgan fingerprint density at radius 1 is 1.30 bits per heavy atom. The van der Waals surface area contributed by atoms with Gasteiger partial charge in [0.25, 0.3) is 0 Å². The van der Waals surface area contributed by atoms with Gasteiger partial charge in [-0.25, -0.2) is 9.97 Å². The Morgan fingerprint density at radius 2 is 2.00 bits per heavy atom. The van der Waals surface area contributed by atoms with Crippen molar-refractivity contribution in [2.24, 2.45) is 0 Å². The van der Waals surface area contributed by atoms with Crippen molar-refractivity contribution in [2.45, 2.75) is 13.5 Å². The number of para-hydroxylation sites is 2. The van der Waals surface area contributed by atoms with Gasteiger partial charge in [-0.1, -0.05) is 12.1 Å². The van der Waals surface area contributed by atoms with Crippen molar-refractivity contribution in [1.82, 2.24) is 9.97 Å². The van der Waals surface area contributed by atoms with Crippen LogP contribution in [0.25, 0.3) is 0 Å². The highest BCUT2D eigenvalue weighted by atomic mass is 16.5. The fourth-order valence-corrected chi connectivity index (χ4v) is 1.53. The molecule has 0 atom stereocenters. The van der Waals surface area contributed by atoms with Crippen LogP contribution in [0.4, 0.5) is 5.69 Å². The molecule has 1 amide bonds. The van der Waals surface area contributed by atoms with Crippen LogP contribution in [0.15, 0.2) is 36.7 Å². The van der Waals surface area contributed by atoms with E-state index in [2.05, 4.69) is 15.3 Å². The maximum absolute atomic E-state index is 11.1. The van der Waals surface area contributed by atoms with Crippen LogP contribution < -0.4 is 10.1 Å². The molecule has 0 saturated carbocycles. The summed E-state index contributed by atoms with van der Waals surface area (Å²) in [7, 11) is 0. The second kappa shape index (κ2) is 6.42. The number of nitrogens with zero attached hydrogens (tertiary/aromatic N) is 2. The molecule has 0 aliphatic carbocycles. The fourth-order valence-electron chi connectivity index (χ4n) is 1.53. The monoisotopic (exact) mass is 271 g/mol. The Hall–Kier alpha value is -2.76. The predicted molar refractivity (Wildman–Crippen MR) is 72.5 cm³/mol. The van der Waals surface area contributed by atoms with Gasteiger partial charge in [0.05, 0.1) is 11.3 Å². The highest BCUT2D eigenvalue weighted by molar-refractivity contribution is 5.90. The van der Waals surface area contributed by atoms with Crippen molar-refractivity contribution in [2.75, 3.05) is 5.32 Å². The highest BCUT2D eigenvalue weighted by Gasteiger charge is 2.05. The van der Waals surface area contributed by atoms with Gasteiger partial charge in [0, 0.05) is 19.3 Å². The second-order valence-corrected chi connectivity index (χ2v) is 4.02. The zero-order valence-electron chi connectivity index (χ0n) is 10.9. The molecule has 102 valence electrons. The summed E-state index contributed by atoms with van der Waals surface area (Å²) in [6.45, 7) is 1.58. The summed E-state index contributed by atoms with van der Waals surface area (Å²) >= 11 is 0. The van der Waals surface area contributed by atoms with Gasteiger partial charge in [-0.05, 0) is 12.1 Å². The number of aldehydes is 1. The number of anilines is 1. The lowest BCUT2D eigenvalue weighted by Crippen LogP contribution is -2.08. The largest absolute Gasteiger partial charge is 0.483 e. The zero-order valence-corrected chi connectivity index (χ0v) is 10.9. The van der Waals surface area contributed by atoms with E-state index < -0.39 is 0 Å². The number of hydrogen-bond acceptors (Lipinski definition) is 5. The molecule has 0 spiro atoms. The van der Waals surface area contributed by atoms with Crippen molar-refractivity contribution in [3.8, 4) is 5.75 Å². The van der Waals surface area contributed by atoms with Gasteiger partial charge in [-0.2, -0.15) is 0 Å². The average molecular weight is 271 g/mol. The number of carbonyl (C=O) groups excluding carboxylic acids is 2. The lowest BCUT2D eigenvalue weighted by molar-refractivity contribution is -0.114. The molecular formula is C14H13N3O3. The molecule has 0 fully saturated rings. The van der Waals surface area contributed by atoms with Crippen molar-refractivity contribution in [3.05, 3.63) is 48.0 Å². The summed E-state index contributed by atoms with van der Waals surface area (Å²) in [5.74, 6) is 0.812. The van der Waals surface area contributed by atoms with E-state index in [1.165, 1.54) is 19.3 Å². The Labute approximate surface area is 115 Å². The molecule has 20 heavy (non-hydrogen) atoms. The molecule has 1 aromatic heterocycles. The van der Waals surface area contributed by atoms with E-state index in [1.54, 1.807) is 24.3 Å². The smallest absolute Gasteiger partial charge is 0.221 e. The highest BCUT2D eigenvalue weighted by Crippen LogP contribution is 2.24. The molecular weight excluding hydrogens is 258 g/mol. The van der Waals surface area contributed by atoms with E-state index in [0.717, 1.165) is 0 Å². The third kappa shape index (κ3) is 3.61. The zero-order chi connectivity index (χ0) is 14.4. The van der Waals surface area contributed by atoms with Crippen molar-refractivity contribution >= 4 is 17.9 Å². The molecule has 0 aliphatic heterocycles. The van der Waals surface area contributed by atoms with Crippen LogP contribution in [0.3, 0.4) is 0 Å². The molecule has 6 nitrogen and oxygen atoms in total. The van der Waals surface area contributed by atoms with Crippen LogP contribution >= 0.6 is 0 Å². The van der Waals surface area contributed by atoms with Crippen LogP contribution in [0.1, 0.15) is 23.1 Å². The third-order valence-corrected chi connectivity index (χ3v) is 2.42. The summed E-state index contributed by atoms with van der Waals surface area (Å²) in [5, 5.41) is 2.68. The van der Waals surface area contributed by atoms with E-state index in [-0.39, 0.29) is 12.5 Å². The normalized spacial score (nSPS) is 9.85. The van der Waals surface area contributed by atoms with Crippen molar-refractivity contribution in [1.29, 1.82) is 0 Å². The number of hydrogen-bond donors (Lipinski definition) is 1. The summed E-state index contributed by atoms with van der Waals surface area (Å²) in [6, 6.07) is 7.09. The molecule has 0 aliphatic rings. The second-order valence-electron chi connectivity index (χ2n) is 4.02. The average Bonchev–Trinajstić information content (AvgIpc) is 2.46. The van der Waals surface area contributed by atoms with Gasteiger partial charge in [-0.15, -0.1) is 0 Å². The molecule has 6 heteroatoms. The summed E-state index contributed by atoms with van der Waals surface area (Å²) in [4.78, 5) is 29.6. The lowest BCUT2D eigenvalue weighted by atomic mass is 10.3. The quantitative estimate of drug-likeness (QED) is 0.839. The molecule has 0 unspecified atom stereocenters. The number of aromatic nitrogens is 2. The third-order valence-electron chi connectivity index (χ3n) is 2.42. The SMILES string of the molecule is CC(=O)Nc1ccccc1OCc1ncc(C=O)cn1. The van der Waals surface area contributed by atoms with Gasteiger partial charge in [-0.3, -0.25) is 9.59 Å². The Bertz CT molecular complexity index is 611. The Kier molecular flexibility index (Phi) is 4.39. The topological polar surface area (TPSA) is 81.2 Å². The van der Waals surface area contributed by atoms with Crippen LogP contribution in [0.5, 0.6) is 5.75 Å². The molecule has 0 radical (unpaired) electrons. The summed E-state index contributed by atoms with van der Waals surface area (Å²) in [5.41, 5.74) is 0.997. The molecule has 1 heterocycles. The van der Waals surface area contributed by atoms with E-state index in [1.807, 2.05) is 0 Å². The summed E-state index contributed by atoms with van der Waals surface area (Å²) < 4.78 is 5.57. The number of carbonyl (C=O) groups is 2. The molecule has 2 rings (SSSR count). The Balaban J connectivity index is 2.06.